The number of halogens is 3. The Balaban J connectivity index is 1.36. The molecule has 4 fully saturated rings. The van der Waals surface area contributed by atoms with E-state index in [4.69, 9.17) is 9.47 Å². The zero-order valence-corrected chi connectivity index (χ0v) is 23.6. The predicted octanol–water partition coefficient (Wildman–Crippen LogP) is 5.11. The lowest BCUT2D eigenvalue weighted by Gasteiger charge is -2.70. The second-order valence-corrected chi connectivity index (χ2v) is 14.2. The Morgan fingerprint density at radius 1 is 1.21 bits per heavy atom. The van der Waals surface area contributed by atoms with Crippen LogP contribution in [0.5, 0.6) is 5.75 Å². The number of carbonyl (C=O) groups excluding carboxylic acids is 1. The molecule has 1 unspecified atom stereocenters. The number of carbonyl (C=O) groups is 1. The van der Waals surface area contributed by atoms with E-state index in [2.05, 4.69) is 5.32 Å². The van der Waals surface area contributed by atoms with Crippen LogP contribution in [0.25, 0.3) is 0 Å². The largest absolute Gasteiger partial charge is 0.489 e. The summed E-state index contributed by atoms with van der Waals surface area (Å²) in [6.45, 7) is 9.72. The van der Waals surface area contributed by atoms with Gasteiger partial charge in [0, 0.05) is 12.1 Å². The van der Waals surface area contributed by atoms with E-state index in [9.17, 15) is 26.4 Å². The van der Waals surface area contributed by atoms with E-state index in [1.165, 1.54) is 10.4 Å². The molecule has 214 valence electrons. The third-order valence-corrected chi connectivity index (χ3v) is 9.76. The first kappa shape index (κ1) is 29.1. The van der Waals surface area contributed by atoms with Crippen molar-refractivity contribution in [1.82, 2.24) is 9.62 Å². The molecule has 7 nitrogen and oxygen atoms in total. The lowest BCUT2D eigenvalue weighted by molar-refractivity contribution is -0.339. The summed E-state index contributed by atoms with van der Waals surface area (Å²) < 4.78 is 79.3. The van der Waals surface area contributed by atoms with Gasteiger partial charge < -0.3 is 14.8 Å². The molecule has 1 N–H and O–H groups in total. The average molecular weight is 561 g/mol. The van der Waals surface area contributed by atoms with Crippen LogP contribution in [-0.4, -0.2) is 61.2 Å². The number of esters is 1. The molecular formula is C27H39F3N2O5S. The van der Waals surface area contributed by atoms with Gasteiger partial charge in [-0.25, -0.2) is 8.42 Å². The Bertz CT molecular complexity index is 1140. The van der Waals surface area contributed by atoms with E-state index in [1.807, 2.05) is 13.8 Å². The molecule has 2 bridgehead atoms. The predicted molar refractivity (Wildman–Crippen MR) is 136 cm³/mol. The van der Waals surface area contributed by atoms with Gasteiger partial charge in [-0.05, 0) is 104 Å². The summed E-state index contributed by atoms with van der Waals surface area (Å²) in [5.41, 5.74) is -1.74. The van der Waals surface area contributed by atoms with E-state index in [0.29, 0.717) is 32.2 Å². The van der Waals surface area contributed by atoms with Crippen LogP contribution < -0.4 is 10.1 Å². The Hall–Kier alpha value is -1.85. The maximum absolute atomic E-state index is 13.7. The van der Waals surface area contributed by atoms with Crippen LogP contribution in [0.4, 0.5) is 13.2 Å². The molecule has 1 saturated heterocycles. The van der Waals surface area contributed by atoms with E-state index < -0.39 is 39.2 Å². The van der Waals surface area contributed by atoms with E-state index in [1.54, 1.807) is 32.9 Å². The second kappa shape index (κ2) is 9.96. The van der Waals surface area contributed by atoms with Crippen LogP contribution >= 0.6 is 0 Å². The minimum atomic E-state index is -4.12. The molecule has 1 aliphatic heterocycles. The topological polar surface area (TPSA) is 84.9 Å². The first-order valence-corrected chi connectivity index (χ1v) is 14.7. The Labute approximate surface area is 223 Å². The maximum atomic E-state index is 13.7. The highest BCUT2D eigenvalue weighted by atomic mass is 32.2. The summed E-state index contributed by atoms with van der Waals surface area (Å²) in [5.74, 6) is -0.328. The smallest absolute Gasteiger partial charge is 0.394 e. The fourth-order valence-electron chi connectivity index (χ4n) is 5.97. The van der Waals surface area contributed by atoms with Gasteiger partial charge in [0.05, 0.1) is 11.5 Å². The molecule has 1 heterocycles. The molecule has 1 aromatic rings. The number of nitrogens with zero attached hydrogens (tertiary/aromatic N) is 1. The number of nitrogens with one attached hydrogen (secondary N) is 1. The third-order valence-electron chi connectivity index (χ3n) is 7.82. The first-order chi connectivity index (χ1) is 17.5. The third kappa shape index (κ3) is 5.70. The molecule has 38 heavy (non-hydrogen) atoms. The van der Waals surface area contributed by atoms with Crippen LogP contribution in [0, 0.1) is 12.3 Å². The molecule has 11 heteroatoms. The molecule has 3 aliphatic carbocycles. The fraction of sp³-hybridized carbons (Fsp3) is 0.741. The molecule has 2 atom stereocenters. The molecular weight excluding hydrogens is 521 g/mol. The molecule has 3 saturated carbocycles. The number of sulfonamides is 1. The summed E-state index contributed by atoms with van der Waals surface area (Å²) in [4.78, 5) is 12.8. The zero-order chi connectivity index (χ0) is 28.1. The monoisotopic (exact) mass is 560 g/mol. The van der Waals surface area contributed by atoms with Crippen molar-refractivity contribution in [3.8, 4) is 5.75 Å². The number of hydrogen-bond acceptors (Lipinski definition) is 6. The minimum Gasteiger partial charge on any atom is -0.489 e. The SMILES string of the molecule is Cc1ccc(S(=O)(=O)N2CCC[C@H]2C(=O)OC(C)(C)C)c(OC(C)CCCNC23CC(C(F)(F)F)(C2)C3)c1. The van der Waals surface area contributed by atoms with Crippen LogP contribution in [0.2, 0.25) is 0 Å². The quantitative estimate of drug-likeness (QED) is 0.316. The first-order valence-electron chi connectivity index (χ1n) is 13.3. The van der Waals surface area contributed by atoms with E-state index in [-0.39, 0.29) is 48.1 Å². The number of alkyl halides is 3. The lowest BCUT2D eigenvalue weighted by atomic mass is 9.39. The molecule has 0 radical (unpaired) electrons. The lowest BCUT2D eigenvalue weighted by Crippen LogP contribution is -2.78. The van der Waals surface area contributed by atoms with Crippen molar-refractivity contribution in [2.45, 2.75) is 114 Å². The fourth-order valence-corrected chi connectivity index (χ4v) is 7.72. The molecule has 1 aromatic carbocycles. The van der Waals surface area contributed by atoms with Crippen molar-refractivity contribution in [2.75, 3.05) is 13.1 Å². The Morgan fingerprint density at radius 2 is 1.87 bits per heavy atom. The van der Waals surface area contributed by atoms with Gasteiger partial charge in [0.2, 0.25) is 10.0 Å². The van der Waals surface area contributed by atoms with E-state index in [0.717, 1.165) is 5.56 Å². The Morgan fingerprint density at radius 3 is 2.47 bits per heavy atom. The van der Waals surface area contributed by atoms with Crippen molar-refractivity contribution < 1.29 is 35.9 Å². The van der Waals surface area contributed by atoms with Gasteiger partial charge in [0.1, 0.15) is 22.3 Å². The molecule has 0 spiro atoms. The van der Waals surface area contributed by atoms with Crippen molar-refractivity contribution in [2.24, 2.45) is 5.41 Å². The van der Waals surface area contributed by atoms with Gasteiger partial charge in [-0.1, -0.05) is 6.07 Å². The number of benzene rings is 1. The van der Waals surface area contributed by atoms with Crippen LogP contribution in [0.3, 0.4) is 0 Å². The standard InChI is InChI=1S/C27H39F3N2O5S/c1-18-10-11-22(38(34,35)32-13-7-9-20(32)23(33)37-24(3,4)5)21(14-18)36-19(2)8-6-12-31-26-15-25(16-26,17-26)27(28,29)30/h10-11,14,19-20,31H,6-9,12-13,15-17H2,1-5H3/t19?,20-,25?,26?/m0/s1. The number of hydrogen-bond donors (Lipinski definition) is 1. The summed E-state index contributed by atoms with van der Waals surface area (Å²) >= 11 is 0. The summed E-state index contributed by atoms with van der Waals surface area (Å²) in [5, 5.41) is 3.29. The van der Waals surface area contributed by atoms with Crippen molar-refractivity contribution >= 4 is 16.0 Å². The molecule has 5 rings (SSSR count). The van der Waals surface area contributed by atoms with Crippen LogP contribution in [0.1, 0.15) is 78.2 Å². The molecule has 0 aromatic heterocycles. The van der Waals surface area contributed by atoms with Crippen LogP contribution in [-0.2, 0) is 19.6 Å². The van der Waals surface area contributed by atoms with Gasteiger partial charge in [0.25, 0.3) is 0 Å². The number of ether oxygens (including phenoxy) is 2. The summed E-state index contributed by atoms with van der Waals surface area (Å²) in [6.07, 6.45) is -1.74. The van der Waals surface area contributed by atoms with Gasteiger partial charge in [0.15, 0.2) is 0 Å². The average Bonchev–Trinajstić information content (AvgIpc) is 3.20. The molecule has 4 aliphatic rings. The number of aryl methyl sites for hydroxylation is 1. The maximum Gasteiger partial charge on any atom is 0.394 e. The van der Waals surface area contributed by atoms with E-state index >= 15 is 0 Å². The Kier molecular flexibility index (Phi) is 7.64. The highest BCUT2D eigenvalue weighted by Gasteiger charge is 2.78. The second-order valence-electron chi connectivity index (χ2n) is 12.3. The van der Waals surface area contributed by atoms with Gasteiger partial charge >= 0.3 is 12.1 Å². The zero-order valence-electron chi connectivity index (χ0n) is 22.8. The van der Waals surface area contributed by atoms with Crippen molar-refractivity contribution in [3.63, 3.8) is 0 Å². The normalized spacial score (nSPS) is 28.4. The summed E-state index contributed by atoms with van der Waals surface area (Å²) in [6, 6.07) is 4.01. The van der Waals surface area contributed by atoms with Gasteiger partial charge in [-0.2, -0.15) is 17.5 Å². The van der Waals surface area contributed by atoms with Crippen molar-refractivity contribution in [3.05, 3.63) is 23.8 Å². The van der Waals surface area contributed by atoms with Gasteiger partial charge in [-0.15, -0.1) is 0 Å². The highest BCUT2D eigenvalue weighted by molar-refractivity contribution is 7.89. The summed E-state index contributed by atoms with van der Waals surface area (Å²) in [7, 11) is -4.03. The van der Waals surface area contributed by atoms with Gasteiger partial charge in [-0.3, -0.25) is 4.79 Å². The molecule has 0 amide bonds. The highest BCUT2D eigenvalue weighted by Crippen LogP contribution is 2.73. The van der Waals surface area contributed by atoms with Crippen LogP contribution in [0.15, 0.2) is 23.1 Å². The van der Waals surface area contributed by atoms with Crippen molar-refractivity contribution in [1.29, 1.82) is 0 Å². The minimum absolute atomic E-state index is 0.00912. The number of rotatable bonds is 10.